The third kappa shape index (κ3) is 4.93. The highest BCUT2D eigenvalue weighted by Crippen LogP contribution is 2.13. The number of hydrogen-bond donors (Lipinski definition) is 2. The molecule has 2 aromatic rings. The maximum atomic E-state index is 11.6. The highest BCUT2D eigenvalue weighted by atomic mass is 32.1. The molecule has 0 bridgehead atoms. The Morgan fingerprint density at radius 1 is 1.13 bits per heavy atom. The summed E-state index contributed by atoms with van der Waals surface area (Å²) < 4.78 is 9.92. The summed E-state index contributed by atoms with van der Waals surface area (Å²) >= 11 is 5.23. The molecule has 23 heavy (non-hydrogen) atoms. The fraction of sp³-hybridized carbons (Fsp3) is 0.188. The van der Waals surface area contributed by atoms with Gasteiger partial charge in [0.1, 0.15) is 0 Å². The fourth-order valence-electron chi connectivity index (χ4n) is 1.77. The van der Waals surface area contributed by atoms with Gasteiger partial charge in [-0.2, -0.15) is 0 Å². The van der Waals surface area contributed by atoms with Crippen LogP contribution in [0.5, 0.6) is 5.88 Å². The lowest BCUT2D eigenvalue weighted by molar-refractivity contribution is 0.0526. The fourth-order valence-corrected chi connectivity index (χ4v) is 2.01. The van der Waals surface area contributed by atoms with Crippen LogP contribution in [0.1, 0.15) is 17.3 Å². The lowest BCUT2D eigenvalue weighted by Gasteiger charge is -2.11. The number of hydrogen-bond acceptors (Lipinski definition) is 5. The number of carbonyl (C=O) groups is 1. The topological polar surface area (TPSA) is 72.5 Å². The highest BCUT2D eigenvalue weighted by Gasteiger charge is 2.06. The Balaban J connectivity index is 1.93. The molecule has 1 heterocycles. The van der Waals surface area contributed by atoms with Crippen molar-refractivity contribution >= 4 is 34.7 Å². The third-order valence-electron chi connectivity index (χ3n) is 2.86. The van der Waals surface area contributed by atoms with E-state index in [4.69, 9.17) is 21.7 Å². The molecule has 1 aromatic heterocycles. The Labute approximate surface area is 139 Å². The van der Waals surface area contributed by atoms with Gasteiger partial charge in [-0.1, -0.05) is 0 Å². The second-order valence-electron chi connectivity index (χ2n) is 4.47. The van der Waals surface area contributed by atoms with Gasteiger partial charge >= 0.3 is 5.97 Å². The molecule has 0 spiro atoms. The maximum Gasteiger partial charge on any atom is 0.338 e. The Hall–Kier alpha value is -2.67. The summed E-state index contributed by atoms with van der Waals surface area (Å²) in [7, 11) is 1.56. The van der Waals surface area contributed by atoms with Gasteiger partial charge in [0.25, 0.3) is 0 Å². The number of ether oxygens (including phenoxy) is 2. The van der Waals surface area contributed by atoms with Crippen LogP contribution in [0.25, 0.3) is 0 Å². The van der Waals surface area contributed by atoms with Gasteiger partial charge in [0, 0.05) is 11.8 Å². The number of esters is 1. The van der Waals surface area contributed by atoms with Crippen LogP contribution < -0.4 is 15.4 Å². The average Bonchev–Trinajstić information content (AvgIpc) is 2.56. The first-order chi connectivity index (χ1) is 11.1. The van der Waals surface area contributed by atoms with Crippen molar-refractivity contribution in [2.75, 3.05) is 24.4 Å². The van der Waals surface area contributed by atoms with Crippen molar-refractivity contribution in [3.8, 4) is 5.88 Å². The first-order valence-electron chi connectivity index (χ1n) is 6.97. The number of pyridine rings is 1. The smallest absolute Gasteiger partial charge is 0.338 e. The van der Waals surface area contributed by atoms with Crippen LogP contribution in [-0.2, 0) is 4.74 Å². The quantitative estimate of drug-likeness (QED) is 0.644. The predicted molar refractivity (Wildman–Crippen MR) is 93.0 cm³/mol. The molecule has 0 saturated carbocycles. The predicted octanol–water partition coefficient (Wildman–Crippen LogP) is 3.08. The van der Waals surface area contributed by atoms with Crippen LogP contribution in [0.3, 0.4) is 0 Å². The molecule has 0 radical (unpaired) electrons. The van der Waals surface area contributed by atoms with E-state index >= 15 is 0 Å². The molecule has 0 saturated heterocycles. The molecular formula is C16H17N3O3S. The van der Waals surface area contributed by atoms with E-state index in [2.05, 4.69) is 15.6 Å². The molecule has 0 aliphatic carbocycles. The van der Waals surface area contributed by atoms with Gasteiger partial charge in [-0.15, -0.1) is 0 Å². The van der Waals surface area contributed by atoms with Crippen molar-refractivity contribution in [3.05, 3.63) is 48.2 Å². The molecule has 6 nitrogen and oxygen atoms in total. The molecule has 0 aliphatic rings. The van der Waals surface area contributed by atoms with Gasteiger partial charge in [0.05, 0.1) is 31.2 Å². The summed E-state index contributed by atoms with van der Waals surface area (Å²) in [5.41, 5.74) is 2.00. The Morgan fingerprint density at radius 3 is 2.35 bits per heavy atom. The van der Waals surface area contributed by atoms with Crippen molar-refractivity contribution in [2.45, 2.75) is 6.92 Å². The standard InChI is InChI=1S/C16H17N3O3S/c1-3-22-15(20)11-4-6-12(7-5-11)18-16(23)19-13-8-9-14(21-2)17-10-13/h4-10H,3H2,1-2H3,(H2,18,19,23). The minimum atomic E-state index is -0.343. The summed E-state index contributed by atoms with van der Waals surface area (Å²) in [6.07, 6.45) is 1.62. The third-order valence-corrected chi connectivity index (χ3v) is 3.06. The van der Waals surface area contributed by atoms with E-state index in [1.807, 2.05) is 6.07 Å². The normalized spacial score (nSPS) is 9.83. The summed E-state index contributed by atoms with van der Waals surface area (Å²) in [6, 6.07) is 10.4. The molecule has 0 atom stereocenters. The molecule has 1 aromatic carbocycles. The van der Waals surface area contributed by atoms with Gasteiger partial charge in [-0.05, 0) is 49.5 Å². The second kappa shape index (κ2) is 8.09. The van der Waals surface area contributed by atoms with Crippen molar-refractivity contribution in [1.82, 2.24) is 4.98 Å². The second-order valence-corrected chi connectivity index (χ2v) is 4.87. The Morgan fingerprint density at radius 2 is 1.78 bits per heavy atom. The van der Waals surface area contributed by atoms with Crippen molar-refractivity contribution < 1.29 is 14.3 Å². The lowest BCUT2D eigenvalue weighted by atomic mass is 10.2. The van der Waals surface area contributed by atoms with E-state index in [0.717, 1.165) is 11.4 Å². The van der Waals surface area contributed by atoms with Gasteiger partial charge in [0.15, 0.2) is 5.11 Å². The molecule has 120 valence electrons. The summed E-state index contributed by atoms with van der Waals surface area (Å²) in [6.45, 7) is 2.12. The van der Waals surface area contributed by atoms with E-state index in [9.17, 15) is 4.79 Å². The Kier molecular flexibility index (Phi) is 5.87. The van der Waals surface area contributed by atoms with Crippen LogP contribution in [0.15, 0.2) is 42.6 Å². The number of benzene rings is 1. The molecule has 7 heteroatoms. The number of rotatable bonds is 5. The number of aromatic nitrogens is 1. The van der Waals surface area contributed by atoms with E-state index in [1.165, 1.54) is 0 Å². The number of nitrogens with zero attached hydrogens (tertiary/aromatic N) is 1. The minimum absolute atomic E-state index is 0.343. The molecule has 0 aliphatic heterocycles. The monoisotopic (exact) mass is 331 g/mol. The Bertz CT molecular complexity index is 672. The van der Waals surface area contributed by atoms with Gasteiger partial charge in [-0.3, -0.25) is 0 Å². The van der Waals surface area contributed by atoms with Gasteiger partial charge in [-0.25, -0.2) is 9.78 Å². The maximum absolute atomic E-state index is 11.6. The number of carbonyl (C=O) groups excluding carboxylic acids is 1. The molecular weight excluding hydrogens is 314 g/mol. The SMILES string of the molecule is CCOC(=O)c1ccc(NC(=S)Nc2ccc(OC)nc2)cc1. The first-order valence-corrected chi connectivity index (χ1v) is 7.38. The summed E-state index contributed by atoms with van der Waals surface area (Å²) in [4.78, 5) is 15.7. The number of anilines is 2. The van der Waals surface area contributed by atoms with Gasteiger partial charge in [0.2, 0.25) is 5.88 Å². The van der Waals surface area contributed by atoms with E-state index in [-0.39, 0.29) is 5.97 Å². The average molecular weight is 331 g/mol. The lowest BCUT2D eigenvalue weighted by Crippen LogP contribution is -2.19. The zero-order valence-electron chi connectivity index (χ0n) is 12.8. The van der Waals surface area contributed by atoms with Crippen LogP contribution in [0, 0.1) is 0 Å². The molecule has 0 unspecified atom stereocenters. The van der Waals surface area contributed by atoms with Crippen molar-refractivity contribution in [2.24, 2.45) is 0 Å². The van der Waals surface area contributed by atoms with Gasteiger partial charge < -0.3 is 20.1 Å². The number of thiocarbonyl (C=S) groups is 1. The highest BCUT2D eigenvalue weighted by molar-refractivity contribution is 7.80. The number of methoxy groups -OCH3 is 1. The summed E-state index contributed by atoms with van der Waals surface area (Å²) in [5.74, 6) is 0.188. The molecule has 2 N–H and O–H groups in total. The number of nitrogens with one attached hydrogen (secondary N) is 2. The van der Waals surface area contributed by atoms with E-state index in [0.29, 0.717) is 23.2 Å². The molecule has 0 fully saturated rings. The zero-order chi connectivity index (χ0) is 16.7. The van der Waals surface area contributed by atoms with E-state index < -0.39 is 0 Å². The van der Waals surface area contributed by atoms with Crippen LogP contribution in [0.4, 0.5) is 11.4 Å². The molecule has 0 amide bonds. The van der Waals surface area contributed by atoms with Crippen LogP contribution >= 0.6 is 12.2 Å². The van der Waals surface area contributed by atoms with Crippen LogP contribution in [0.2, 0.25) is 0 Å². The summed E-state index contributed by atoms with van der Waals surface area (Å²) in [5, 5.41) is 6.45. The van der Waals surface area contributed by atoms with E-state index in [1.54, 1.807) is 50.6 Å². The molecule has 2 rings (SSSR count). The van der Waals surface area contributed by atoms with Crippen molar-refractivity contribution in [3.63, 3.8) is 0 Å². The largest absolute Gasteiger partial charge is 0.481 e. The first kappa shape index (κ1) is 16.7. The zero-order valence-corrected chi connectivity index (χ0v) is 13.6. The van der Waals surface area contributed by atoms with Crippen molar-refractivity contribution in [1.29, 1.82) is 0 Å². The van der Waals surface area contributed by atoms with Crippen LogP contribution in [-0.4, -0.2) is 29.8 Å². The minimum Gasteiger partial charge on any atom is -0.481 e.